The Morgan fingerprint density at radius 3 is 2.20 bits per heavy atom. The zero-order chi connectivity index (χ0) is 40.7. The Morgan fingerprint density at radius 2 is 1.55 bits per heavy atom. The van der Waals surface area contributed by atoms with Gasteiger partial charge in [-0.05, 0) is 103 Å². The van der Waals surface area contributed by atoms with Crippen molar-refractivity contribution < 1.29 is 37.4 Å². The van der Waals surface area contributed by atoms with Gasteiger partial charge in [0, 0.05) is 46.7 Å². The van der Waals surface area contributed by atoms with E-state index in [1.165, 1.54) is 36.7 Å². The number of aromatic nitrogens is 5. The van der Waals surface area contributed by atoms with Gasteiger partial charge in [0.2, 0.25) is 0 Å². The summed E-state index contributed by atoms with van der Waals surface area (Å²) in [5.41, 5.74) is 3.99. The molecule has 6 aromatic rings. The molecule has 3 aromatic carbocycles. The summed E-state index contributed by atoms with van der Waals surface area (Å²) in [5.74, 6) is -3.39. The molecule has 290 valence electrons. The standard InChI is InChI=1S/C40H39F2N7O7/c1-8-47-30-17-27(23-20-45-48(21-23)38(53)56-40(5,6)7)33(15-22(30)19-44-47)54-32-14-11-25(16-28(32)42)46-35(50)34-29(43)18-31(37(52)55-39(2,3)4)49(36(34)51)26-12-9-24(41)10-13-26/h9-21H,8,43H2,1-7H3,(H,46,50). The third-order valence-corrected chi connectivity index (χ3v) is 8.09. The molecule has 56 heavy (non-hydrogen) atoms. The molecule has 3 N–H and O–H groups in total. The van der Waals surface area contributed by atoms with Crippen molar-refractivity contribution in [2.45, 2.75) is 66.2 Å². The molecule has 0 saturated heterocycles. The molecule has 0 aliphatic heterocycles. The number of carbonyl (C=O) groups excluding carboxylic acids is 3. The molecule has 0 bridgehead atoms. The first kappa shape index (κ1) is 38.9. The van der Waals surface area contributed by atoms with Crippen molar-refractivity contribution >= 4 is 40.2 Å². The predicted molar refractivity (Wildman–Crippen MR) is 204 cm³/mol. The van der Waals surface area contributed by atoms with E-state index in [-0.39, 0.29) is 34.3 Å². The average molecular weight is 768 g/mol. The van der Waals surface area contributed by atoms with E-state index in [2.05, 4.69) is 15.5 Å². The van der Waals surface area contributed by atoms with E-state index in [1.807, 2.05) is 6.92 Å². The summed E-state index contributed by atoms with van der Waals surface area (Å²) in [7, 11) is 0. The SMILES string of the molecule is CCn1ncc2cc(Oc3ccc(NC(=O)c4c(N)cc(C(=O)OC(C)(C)C)n(-c5ccc(F)cc5)c4=O)cc3F)c(-c3cnn(C(=O)OC(C)(C)C)c3)cc21. The van der Waals surface area contributed by atoms with Crippen molar-refractivity contribution in [3.05, 3.63) is 112 Å². The lowest BCUT2D eigenvalue weighted by Gasteiger charge is -2.22. The van der Waals surface area contributed by atoms with E-state index in [0.29, 0.717) is 23.1 Å². The second kappa shape index (κ2) is 14.8. The van der Waals surface area contributed by atoms with E-state index < -0.39 is 51.9 Å². The maximum absolute atomic E-state index is 15.8. The summed E-state index contributed by atoms with van der Waals surface area (Å²) in [6.07, 6.45) is 3.88. The number of hydrogen-bond donors (Lipinski definition) is 2. The van der Waals surface area contributed by atoms with E-state index in [0.717, 1.165) is 39.0 Å². The monoisotopic (exact) mass is 767 g/mol. The molecule has 0 aliphatic carbocycles. The molecule has 6 rings (SSSR count). The molecule has 0 spiro atoms. The van der Waals surface area contributed by atoms with Crippen molar-refractivity contribution in [2.75, 3.05) is 11.1 Å². The van der Waals surface area contributed by atoms with Crippen LogP contribution in [0, 0.1) is 11.6 Å². The van der Waals surface area contributed by atoms with Gasteiger partial charge in [-0.25, -0.2) is 18.4 Å². The van der Waals surface area contributed by atoms with Crippen LogP contribution >= 0.6 is 0 Å². The van der Waals surface area contributed by atoms with Gasteiger partial charge in [0.15, 0.2) is 11.6 Å². The lowest BCUT2D eigenvalue weighted by Crippen LogP contribution is -2.35. The Labute approximate surface area is 319 Å². The van der Waals surface area contributed by atoms with Crippen LogP contribution in [0.4, 0.5) is 25.0 Å². The summed E-state index contributed by atoms with van der Waals surface area (Å²) >= 11 is 0. The Hall–Kier alpha value is -6.84. The quantitative estimate of drug-likeness (QED) is 0.146. The minimum atomic E-state index is -1.00. The second-order valence-corrected chi connectivity index (χ2v) is 14.7. The van der Waals surface area contributed by atoms with Gasteiger partial charge in [0.1, 0.15) is 34.0 Å². The number of amides is 1. The summed E-state index contributed by atoms with van der Waals surface area (Å²) in [4.78, 5) is 53.3. The first-order chi connectivity index (χ1) is 26.3. The zero-order valence-corrected chi connectivity index (χ0v) is 31.6. The van der Waals surface area contributed by atoms with Crippen LogP contribution < -0.4 is 21.3 Å². The number of nitrogens with two attached hydrogens (primary N) is 1. The summed E-state index contributed by atoms with van der Waals surface area (Å²) in [6.45, 7) is 12.6. The number of fused-ring (bicyclic) bond motifs is 1. The minimum Gasteiger partial charge on any atom is -0.455 e. The number of aryl methyl sites for hydroxylation is 1. The fourth-order valence-electron chi connectivity index (χ4n) is 5.70. The first-order valence-corrected chi connectivity index (χ1v) is 17.4. The number of rotatable bonds is 8. The van der Waals surface area contributed by atoms with E-state index in [1.54, 1.807) is 64.6 Å². The van der Waals surface area contributed by atoms with Crippen molar-refractivity contribution in [2.24, 2.45) is 0 Å². The largest absolute Gasteiger partial charge is 0.455 e. The highest BCUT2D eigenvalue weighted by Crippen LogP contribution is 2.38. The molecule has 16 heteroatoms. The second-order valence-electron chi connectivity index (χ2n) is 14.7. The lowest BCUT2D eigenvalue weighted by atomic mass is 10.1. The number of nitrogens with one attached hydrogen (secondary N) is 1. The third kappa shape index (κ3) is 8.28. The number of ether oxygens (including phenoxy) is 3. The molecule has 14 nitrogen and oxygen atoms in total. The van der Waals surface area contributed by atoms with Crippen molar-refractivity contribution in [1.82, 2.24) is 24.1 Å². The van der Waals surface area contributed by atoms with Crippen molar-refractivity contribution in [3.63, 3.8) is 0 Å². The van der Waals surface area contributed by atoms with Gasteiger partial charge in [-0.3, -0.25) is 18.8 Å². The number of benzene rings is 3. The van der Waals surface area contributed by atoms with Gasteiger partial charge < -0.3 is 25.3 Å². The molecule has 3 aromatic heterocycles. The number of esters is 1. The highest BCUT2D eigenvalue weighted by atomic mass is 19.1. The van der Waals surface area contributed by atoms with Gasteiger partial charge in [-0.2, -0.15) is 14.9 Å². The number of nitrogen functional groups attached to an aromatic ring is 1. The van der Waals surface area contributed by atoms with Crippen LogP contribution in [-0.2, 0) is 16.0 Å². The van der Waals surface area contributed by atoms with Gasteiger partial charge in [-0.1, -0.05) is 0 Å². The Bertz CT molecular complexity index is 2560. The third-order valence-electron chi connectivity index (χ3n) is 8.09. The van der Waals surface area contributed by atoms with Crippen LogP contribution in [0.15, 0.2) is 84.0 Å². The summed E-state index contributed by atoms with van der Waals surface area (Å²) in [5, 5.41) is 11.7. The molecule has 0 atom stereocenters. The Balaban J connectivity index is 1.32. The predicted octanol–water partition coefficient (Wildman–Crippen LogP) is 7.71. The van der Waals surface area contributed by atoms with E-state index in [4.69, 9.17) is 19.9 Å². The normalized spacial score (nSPS) is 11.7. The molecular weight excluding hydrogens is 728 g/mol. The average Bonchev–Trinajstić information content (AvgIpc) is 3.75. The lowest BCUT2D eigenvalue weighted by molar-refractivity contribution is 0.00586. The molecular formula is C40H39F2N7O7. The van der Waals surface area contributed by atoms with E-state index >= 15 is 4.39 Å². The van der Waals surface area contributed by atoms with Gasteiger partial charge in [0.05, 0.1) is 23.6 Å². The molecule has 0 saturated carbocycles. The fraction of sp³-hybridized carbons (Fsp3) is 0.250. The van der Waals surface area contributed by atoms with E-state index in [9.17, 15) is 23.6 Å². The van der Waals surface area contributed by atoms with Crippen LogP contribution in [0.2, 0.25) is 0 Å². The first-order valence-electron chi connectivity index (χ1n) is 17.4. The minimum absolute atomic E-state index is 0.0539. The number of anilines is 2. The highest BCUT2D eigenvalue weighted by molar-refractivity contribution is 6.08. The number of hydrogen-bond acceptors (Lipinski definition) is 10. The number of nitrogens with zero attached hydrogens (tertiary/aromatic N) is 5. The van der Waals surface area contributed by atoms with Gasteiger partial charge in [0.25, 0.3) is 11.5 Å². The summed E-state index contributed by atoms with van der Waals surface area (Å²) in [6, 6.07) is 12.9. The van der Waals surface area contributed by atoms with Crippen LogP contribution in [-0.4, -0.2) is 53.3 Å². The summed E-state index contributed by atoms with van der Waals surface area (Å²) < 4.78 is 50.3. The van der Waals surface area contributed by atoms with Gasteiger partial charge in [-0.15, -0.1) is 0 Å². The fourth-order valence-corrected chi connectivity index (χ4v) is 5.70. The molecule has 1 amide bonds. The number of carbonyl (C=O) groups is 3. The van der Waals surface area contributed by atoms with Gasteiger partial charge >= 0.3 is 12.1 Å². The topological polar surface area (TPSA) is 175 Å². The molecule has 0 fully saturated rings. The number of pyridine rings is 1. The van der Waals surface area contributed by atoms with Crippen LogP contribution in [0.3, 0.4) is 0 Å². The highest BCUT2D eigenvalue weighted by Gasteiger charge is 2.28. The molecule has 3 heterocycles. The number of halogens is 2. The maximum Gasteiger partial charge on any atom is 0.435 e. The molecule has 0 radical (unpaired) electrons. The Morgan fingerprint density at radius 1 is 0.857 bits per heavy atom. The van der Waals surface area contributed by atoms with Crippen molar-refractivity contribution in [3.8, 4) is 28.3 Å². The van der Waals surface area contributed by atoms with Crippen LogP contribution in [0.1, 0.15) is 69.3 Å². The maximum atomic E-state index is 15.8. The Kier molecular flexibility index (Phi) is 10.3. The molecule has 0 aliphatic rings. The molecule has 0 unspecified atom stereocenters. The van der Waals surface area contributed by atoms with Crippen LogP contribution in [0.5, 0.6) is 11.5 Å². The van der Waals surface area contributed by atoms with Crippen molar-refractivity contribution in [1.29, 1.82) is 0 Å². The smallest absolute Gasteiger partial charge is 0.435 e. The zero-order valence-electron chi connectivity index (χ0n) is 31.6. The van der Waals surface area contributed by atoms with Crippen LogP contribution in [0.25, 0.3) is 27.7 Å².